The quantitative estimate of drug-likeness (QED) is 0.809. The molecule has 0 bridgehead atoms. The fourth-order valence-corrected chi connectivity index (χ4v) is 2.61. The molecule has 0 aliphatic rings. The van der Waals surface area contributed by atoms with Gasteiger partial charge in [-0.3, -0.25) is 0 Å². The highest BCUT2D eigenvalue weighted by atomic mass is 32.2. The Morgan fingerprint density at radius 2 is 1.78 bits per heavy atom. The minimum absolute atomic E-state index is 0.0353. The first-order valence-corrected chi connectivity index (χ1v) is 7.39. The number of hydrogen-bond donors (Lipinski definition) is 2. The maximum atomic E-state index is 12.0. The summed E-state index contributed by atoms with van der Waals surface area (Å²) in [5, 5.41) is 0. The van der Waals surface area contributed by atoms with Crippen LogP contribution in [0, 0.1) is 5.92 Å². The topological polar surface area (TPSA) is 98.0 Å². The van der Waals surface area contributed by atoms with Gasteiger partial charge in [-0.2, -0.15) is 0 Å². The van der Waals surface area contributed by atoms with Crippen LogP contribution in [0.1, 0.15) is 33.6 Å². The van der Waals surface area contributed by atoms with E-state index >= 15 is 0 Å². The van der Waals surface area contributed by atoms with E-state index in [4.69, 9.17) is 5.73 Å². The second-order valence-electron chi connectivity index (χ2n) is 4.77. The van der Waals surface area contributed by atoms with Gasteiger partial charge in [0.15, 0.2) is 0 Å². The summed E-state index contributed by atoms with van der Waals surface area (Å²) in [4.78, 5) is 7.38. The van der Waals surface area contributed by atoms with Gasteiger partial charge in [-0.1, -0.05) is 13.8 Å². The lowest BCUT2D eigenvalue weighted by Gasteiger charge is -2.15. The van der Waals surface area contributed by atoms with E-state index in [1.165, 1.54) is 12.4 Å². The Hall–Kier alpha value is -1.21. The van der Waals surface area contributed by atoms with Gasteiger partial charge in [0.2, 0.25) is 16.0 Å². The number of nitrogens with two attached hydrogens (primary N) is 1. The van der Waals surface area contributed by atoms with Crippen LogP contribution in [-0.4, -0.2) is 24.4 Å². The standard InChI is InChI=1S/C11H20N4O2S/c1-8(2)4-5-9(3)15-18(16,17)10-6-13-11(12)14-7-10/h6-9,15H,4-5H2,1-3H3,(H2,12,13,14). The van der Waals surface area contributed by atoms with Crippen molar-refractivity contribution >= 4 is 16.0 Å². The van der Waals surface area contributed by atoms with E-state index in [-0.39, 0.29) is 16.9 Å². The van der Waals surface area contributed by atoms with Crippen molar-refractivity contribution in [3.63, 3.8) is 0 Å². The molecule has 1 aromatic rings. The lowest BCUT2D eigenvalue weighted by molar-refractivity contribution is 0.485. The summed E-state index contributed by atoms with van der Waals surface area (Å²) in [7, 11) is -3.55. The molecule has 1 unspecified atom stereocenters. The predicted octanol–water partition coefficient (Wildman–Crippen LogP) is 1.16. The zero-order valence-electron chi connectivity index (χ0n) is 10.9. The molecule has 0 aromatic carbocycles. The molecule has 0 spiro atoms. The van der Waals surface area contributed by atoms with Crippen molar-refractivity contribution in [3.8, 4) is 0 Å². The van der Waals surface area contributed by atoms with Crippen molar-refractivity contribution in [2.24, 2.45) is 5.92 Å². The highest BCUT2D eigenvalue weighted by Crippen LogP contribution is 2.11. The molecule has 0 fully saturated rings. The van der Waals surface area contributed by atoms with Gasteiger partial charge >= 0.3 is 0 Å². The first kappa shape index (κ1) is 14.8. The molecule has 1 heterocycles. The minimum Gasteiger partial charge on any atom is -0.368 e. The average molecular weight is 272 g/mol. The van der Waals surface area contributed by atoms with E-state index in [2.05, 4.69) is 28.5 Å². The summed E-state index contributed by atoms with van der Waals surface area (Å²) in [6.07, 6.45) is 4.19. The zero-order chi connectivity index (χ0) is 13.8. The third-order valence-corrected chi connectivity index (χ3v) is 4.04. The molecular weight excluding hydrogens is 252 g/mol. The molecule has 3 N–H and O–H groups in total. The molecule has 1 aromatic heterocycles. The maximum Gasteiger partial charge on any atom is 0.243 e. The first-order chi connectivity index (χ1) is 8.31. The molecule has 18 heavy (non-hydrogen) atoms. The van der Waals surface area contributed by atoms with Crippen LogP contribution >= 0.6 is 0 Å². The molecule has 0 radical (unpaired) electrons. The maximum absolute atomic E-state index is 12.0. The van der Waals surface area contributed by atoms with E-state index in [0.29, 0.717) is 5.92 Å². The third kappa shape index (κ3) is 4.58. The van der Waals surface area contributed by atoms with Gasteiger partial charge in [0, 0.05) is 6.04 Å². The second-order valence-corrected chi connectivity index (χ2v) is 6.48. The number of nitrogens with zero attached hydrogens (tertiary/aromatic N) is 2. The van der Waals surface area contributed by atoms with E-state index in [1.54, 1.807) is 0 Å². The summed E-state index contributed by atoms with van der Waals surface area (Å²) in [5.74, 6) is 0.610. The number of anilines is 1. The first-order valence-electron chi connectivity index (χ1n) is 5.91. The Kier molecular flexibility index (Phi) is 5.03. The molecule has 102 valence electrons. The van der Waals surface area contributed by atoms with Gasteiger partial charge in [0.25, 0.3) is 0 Å². The summed E-state index contributed by atoms with van der Waals surface area (Å²) >= 11 is 0. The molecule has 0 saturated carbocycles. The van der Waals surface area contributed by atoms with Crippen LogP contribution in [-0.2, 0) is 10.0 Å². The Balaban J connectivity index is 2.67. The number of hydrogen-bond acceptors (Lipinski definition) is 5. The van der Waals surface area contributed by atoms with Crippen LogP contribution in [0.25, 0.3) is 0 Å². The largest absolute Gasteiger partial charge is 0.368 e. The van der Waals surface area contributed by atoms with Crippen LogP contribution in [0.15, 0.2) is 17.3 Å². The SMILES string of the molecule is CC(C)CCC(C)NS(=O)(=O)c1cnc(N)nc1. The summed E-state index contributed by atoms with van der Waals surface area (Å²) in [6, 6.07) is -0.116. The van der Waals surface area contributed by atoms with Crippen molar-refractivity contribution in [2.45, 2.75) is 44.6 Å². The van der Waals surface area contributed by atoms with Crippen molar-refractivity contribution in [3.05, 3.63) is 12.4 Å². The number of rotatable bonds is 6. The Morgan fingerprint density at radius 1 is 1.22 bits per heavy atom. The Bertz CT molecular complexity index is 470. The normalized spacial score (nSPS) is 13.8. The van der Waals surface area contributed by atoms with Crippen molar-refractivity contribution in [1.82, 2.24) is 14.7 Å². The highest BCUT2D eigenvalue weighted by Gasteiger charge is 2.18. The molecule has 0 saturated heterocycles. The average Bonchev–Trinajstić information content (AvgIpc) is 2.26. The molecule has 1 atom stereocenters. The summed E-state index contributed by atoms with van der Waals surface area (Å²) in [6.45, 7) is 6.06. The number of aromatic nitrogens is 2. The van der Waals surface area contributed by atoms with E-state index in [1.807, 2.05) is 6.92 Å². The summed E-state index contributed by atoms with van der Waals surface area (Å²) in [5.41, 5.74) is 5.31. The molecule has 0 amide bonds. The fraction of sp³-hybridized carbons (Fsp3) is 0.636. The van der Waals surface area contributed by atoms with Gasteiger partial charge in [0.05, 0.1) is 12.4 Å². The number of sulfonamides is 1. The van der Waals surface area contributed by atoms with Crippen LogP contribution in [0.3, 0.4) is 0 Å². The van der Waals surface area contributed by atoms with Crippen LogP contribution in [0.5, 0.6) is 0 Å². The van der Waals surface area contributed by atoms with Crippen LogP contribution < -0.4 is 10.5 Å². The van der Waals surface area contributed by atoms with Crippen molar-refractivity contribution in [1.29, 1.82) is 0 Å². The highest BCUT2D eigenvalue weighted by molar-refractivity contribution is 7.89. The van der Waals surface area contributed by atoms with Crippen molar-refractivity contribution < 1.29 is 8.42 Å². The second kappa shape index (κ2) is 6.10. The lowest BCUT2D eigenvalue weighted by Crippen LogP contribution is -2.33. The van der Waals surface area contributed by atoms with E-state index in [9.17, 15) is 8.42 Å². The van der Waals surface area contributed by atoms with Crippen LogP contribution in [0.2, 0.25) is 0 Å². The lowest BCUT2D eigenvalue weighted by atomic mass is 10.1. The molecular formula is C11H20N4O2S. The molecule has 0 aliphatic carbocycles. The van der Waals surface area contributed by atoms with E-state index < -0.39 is 10.0 Å². The fourth-order valence-electron chi connectivity index (χ4n) is 1.44. The van der Waals surface area contributed by atoms with Crippen LogP contribution in [0.4, 0.5) is 5.95 Å². The Labute approximate surface area is 108 Å². The van der Waals surface area contributed by atoms with Gasteiger partial charge < -0.3 is 5.73 Å². The van der Waals surface area contributed by atoms with Gasteiger partial charge in [-0.25, -0.2) is 23.1 Å². The van der Waals surface area contributed by atoms with Gasteiger partial charge in [0.1, 0.15) is 4.90 Å². The minimum atomic E-state index is -3.55. The van der Waals surface area contributed by atoms with E-state index in [0.717, 1.165) is 12.8 Å². The Morgan fingerprint density at radius 3 is 2.28 bits per heavy atom. The predicted molar refractivity (Wildman–Crippen MR) is 70.3 cm³/mol. The monoisotopic (exact) mass is 272 g/mol. The molecule has 6 nitrogen and oxygen atoms in total. The van der Waals surface area contributed by atoms with Gasteiger partial charge in [-0.15, -0.1) is 0 Å². The van der Waals surface area contributed by atoms with Crippen molar-refractivity contribution in [2.75, 3.05) is 5.73 Å². The third-order valence-electron chi connectivity index (χ3n) is 2.49. The summed E-state index contributed by atoms with van der Waals surface area (Å²) < 4.78 is 26.5. The zero-order valence-corrected chi connectivity index (χ0v) is 11.7. The molecule has 7 heteroatoms. The van der Waals surface area contributed by atoms with Gasteiger partial charge in [-0.05, 0) is 25.7 Å². The molecule has 1 rings (SSSR count). The number of nitrogens with one attached hydrogen (secondary N) is 1. The molecule has 0 aliphatic heterocycles. The number of nitrogen functional groups attached to an aromatic ring is 1. The smallest absolute Gasteiger partial charge is 0.243 e.